The van der Waals surface area contributed by atoms with Crippen molar-refractivity contribution in [1.29, 1.82) is 0 Å². The second-order valence-electron chi connectivity index (χ2n) is 5.07. The van der Waals surface area contributed by atoms with E-state index in [-0.39, 0.29) is 6.04 Å². The molecule has 1 aliphatic rings. The zero-order chi connectivity index (χ0) is 14.2. The van der Waals surface area contributed by atoms with Crippen LogP contribution in [0.5, 0.6) is 5.75 Å². The molecule has 1 aliphatic carbocycles. The predicted molar refractivity (Wildman–Crippen MR) is 79.2 cm³/mol. The normalized spacial score (nSPS) is 16.1. The molecule has 0 bridgehead atoms. The molecule has 0 aromatic heterocycles. The number of likely N-dealkylation sites (N-methyl/N-ethyl adjacent to an activating group) is 1. The molecule has 1 aromatic rings. The van der Waals surface area contributed by atoms with E-state index in [0.717, 1.165) is 12.3 Å². The minimum Gasteiger partial charge on any atom is -0.490 e. The van der Waals surface area contributed by atoms with Crippen molar-refractivity contribution in [2.24, 2.45) is 0 Å². The first-order chi connectivity index (χ1) is 9.83. The van der Waals surface area contributed by atoms with E-state index >= 15 is 0 Å². The van der Waals surface area contributed by atoms with Gasteiger partial charge in [0.25, 0.3) is 0 Å². The quantitative estimate of drug-likeness (QED) is 0.668. The Bertz CT molecular complexity index is 393. The van der Waals surface area contributed by atoms with Crippen LogP contribution < -0.4 is 10.1 Å². The van der Waals surface area contributed by atoms with E-state index in [9.17, 15) is 0 Å². The Morgan fingerprint density at radius 2 is 2.15 bits per heavy atom. The Morgan fingerprint density at radius 1 is 1.30 bits per heavy atom. The topological polar surface area (TPSA) is 39.7 Å². The van der Waals surface area contributed by atoms with Crippen LogP contribution in [-0.2, 0) is 9.47 Å². The van der Waals surface area contributed by atoms with Crippen molar-refractivity contribution < 1.29 is 14.2 Å². The van der Waals surface area contributed by atoms with Crippen LogP contribution in [-0.4, -0.2) is 39.6 Å². The summed E-state index contributed by atoms with van der Waals surface area (Å²) in [6.07, 6.45) is 2.79. The van der Waals surface area contributed by atoms with E-state index in [1.165, 1.54) is 18.4 Å². The zero-order valence-electron chi connectivity index (χ0n) is 12.4. The maximum atomic E-state index is 5.85. The first-order valence-electron chi connectivity index (χ1n) is 7.40. The van der Waals surface area contributed by atoms with Crippen LogP contribution in [0.4, 0.5) is 0 Å². The Hall–Kier alpha value is -1.10. The molecular formula is C16H25NO3. The number of methoxy groups -OCH3 is 1. The molecule has 1 fully saturated rings. The average molecular weight is 279 g/mol. The van der Waals surface area contributed by atoms with Crippen molar-refractivity contribution in [1.82, 2.24) is 5.32 Å². The molecular weight excluding hydrogens is 254 g/mol. The molecule has 0 saturated heterocycles. The minimum atomic E-state index is 0.194. The first-order valence-corrected chi connectivity index (χ1v) is 7.40. The number of hydrogen-bond donors (Lipinski definition) is 1. The van der Waals surface area contributed by atoms with Gasteiger partial charge in [-0.05, 0) is 37.1 Å². The molecule has 20 heavy (non-hydrogen) atoms. The van der Waals surface area contributed by atoms with Gasteiger partial charge in [-0.2, -0.15) is 0 Å². The zero-order valence-corrected chi connectivity index (χ0v) is 12.4. The van der Waals surface area contributed by atoms with E-state index in [2.05, 4.69) is 24.4 Å². The summed E-state index contributed by atoms with van der Waals surface area (Å²) in [4.78, 5) is 0. The van der Waals surface area contributed by atoms with Crippen LogP contribution in [0.25, 0.3) is 0 Å². The van der Waals surface area contributed by atoms with Crippen LogP contribution in [0.15, 0.2) is 24.3 Å². The lowest BCUT2D eigenvalue weighted by Gasteiger charge is -2.19. The fourth-order valence-corrected chi connectivity index (χ4v) is 2.05. The van der Waals surface area contributed by atoms with Crippen molar-refractivity contribution >= 4 is 0 Å². The van der Waals surface area contributed by atoms with Crippen LogP contribution in [0.2, 0.25) is 0 Å². The van der Waals surface area contributed by atoms with E-state index in [0.29, 0.717) is 25.9 Å². The van der Waals surface area contributed by atoms with Gasteiger partial charge >= 0.3 is 0 Å². The van der Waals surface area contributed by atoms with Gasteiger partial charge < -0.3 is 19.5 Å². The van der Waals surface area contributed by atoms with Crippen molar-refractivity contribution in [3.8, 4) is 5.75 Å². The van der Waals surface area contributed by atoms with Crippen LogP contribution >= 0.6 is 0 Å². The summed E-state index contributed by atoms with van der Waals surface area (Å²) in [5.41, 5.74) is 1.21. The summed E-state index contributed by atoms with van der Waals surface area (Å²) in [5.74, 6) is 0.963. The Balaban J connectivity index is 1.92. The molecule has 1 saturated carbocycles. The average Bonchev–Trinajstić information content (AvgIpc) is 3.26. The predicted octanol–water partition coefficient (Wildman–Crippen LogP) is 2.54. The van der Waals surface area contributed by atoms with Crippen LogP contribution in [0.1, 0.15) is 31.4 Å². The van der Waals surface area contributed by atoms with Gasteiger partial charge in [-0.25, -0.2) is 0 Å². The molecule has 1 unspecified atom stereocenters. The van der Waals surface area contributed by atoms with Crippen LogP contribution in [0, 0.1) is 0 Å². The Labute approximate surface area is 121 Å². The van der Waals surface area contributed by atoms with Crippen molar-refractivity contribution in [3.05, 3.63) is 29.8 Å². The van der Waals surface area contributed by atoms with Crippen molar-refractivity contribution in [3.63, 3.8) is 0 Å². The minimum absolute atomic E-state index is 0.194. The van der Waals surface area contributed by atoms with Gasteiger partial charge in [0.05, 0.1) is 32.0 Å². The molecule has 0 aliphatic heterocycles. The molecule has 1 atom stereocenters. The molecule has 4 nitrogen and oxygen atoms in total. The Kier molecular flexibility index (Phi) is 6.30. The maximum Gasteiger partial charge on any atom is 0.120 e. The van der Waals surface area contributed by atoms with Gasteiger partial charge in [0.2, 0.25) is 0 Å². The van der Waals surface area contributed by atoms with E-state index < -0.39 is 0 Å². The summed E-state index contributed by atoms with van der Waals surface area (Å²) >= 11 is 0. The summed E-state index contributed by atoms with van der Waals surface area (Å²) in [5, 5.41) is 3.45. The summed E-state index contributed by atoms with van der Waals surface area (Å²) in [6.45, 7) is 4.91. The molecule has 0 heterocycles. The highest BCUT2D eigenvalue weighted by atomic mass is 16.5. The summed E-state index contributed by atoms with van der Waals surface area (Å²) in [7, 11) is 1.68. The van der Waals surface area contributed by atoms with Crippen LogP contribution in [0.3, 0.4) is 0 Å². The lowest BCUT2D eigenvalue weighted by atomic mass is 10.1. The molecule has 0 amide bonds. The second-order valence-corrected chi connectivity index (χ2v) is 5.07. The first kappa shape index (κ1) is 15.3. The van der Waals surface area contributed by atoms with Gasteiger partial charge in [0.15, 0.2) is 0 Å². The molecule has 112 valence electrons. The van der Waals surface area contributed by atoms with E-state index in [4.69, 9.17) is 14.2 Å². The van der Waals surface area contributed by atoms with Crippen molar-refractivity contribution in [2.45, 2.75) is 31.9 Å². The molecule has 0 spiro atoms. The van der Waals surface area contributed by atoms with Crippen molar-refractivity contribution in [2.75, 3.05) is 33.5 Å². The van der Waals surface area contributed by atoms with Gasteiger partial charge in [0.1, 0.15) is 5.75 Å². The number of hydrogen-bond acceptors (Lipinski definition) is 4. The summed E-state index contributed by atoms with van der Waals surface area (Å²) in [6, 6.07) is 8.50. The standard InChI is InChI=1S/C16H25NO3/c1-3-17-16(12-19-10-9-18-2)13-5-4-6-15(11-13)20-14-7-8-14/h4-6,11,14,16-17H,3,7-10,12H2,1-2H3. The Morgan fingerprint density at radius 3 is 2.85 bits per heavy atom. The lowest BCUT2D eigenvalue weighted by molar-refractivity contribution is 0.0587. The molecule has 2 rings (SSSR count). The largest absolute Gasteiger partial charge is 0.490 e. The highest BCUT2D eigenvalue weighted by Crippen LogP contribution is 2.28. The van der Waals surface area contributed by atoms with E-state index in [1.54, 1.807) is 7.11 Å². The number of nitrogens with one attached hydrogen (secondary N) is 1. The van der Waals surface area contributed by atoms with Gasteiger partial charge in [-0.1, -0.05) is 19.1 Å². The third kappa shape index (κ3) is 5.12. The number of benzene rings is 1. The number of ether oxygens (including phenoxy) is 3. The smallest absolute Gasteiger partial charge is 0.120 e. The molecule has 4 heteroatoms. The second kappa shape index (κ2) is 8.25. The monoisotopic (exact) mass is 279 g/mol. The fourth-order valence-electron chi connectivity index (χ4n) is 2.05. The highest BCUT2D eigenvalue weighted by molar-refractivity contribution is 5.31. The molecule has 1 N–H and O–H groups in total. The third-order valence-corrected chi connectivity index (χ3v) is 3.25. The highest BCUT2D eigenvalue weighted by Gasteiger charge is 2.23. The molecule has 0 radical (unpaired) electrons. The summed E-state index contributed by atoms with van der Waals surface area (Å²) < 4.78 is 16.5. The SMILES string of the molecule is CCNC(COCCOC)c1cccc(OC2CC2)c1. The van der Waals surface area contributed by atoms with Gasteiger partial charge in [-0.3, -0.25) is 0 Å². The lowest BCUT2D eigenvalue weighted by Crippen LogP contribution is -2.26. The third-order valence-electron chi connectivity index (χ3n) is 3.25. The molecule has 1 aromatic carbocycles. The fraction of sp³-hybridized carbons (Fsp3) is 0.625. The number of rotatable bonds is 10. The van der Waals surface area contributed by atoms with Gasteiger partial charge in [-0.15, -0.1) is 0 Å². The maximum absolute atomic E-state index is 5.85. The van der Waals surface area contributed by atoms with E-state index in [1.807, 2.05) is 12.1 Å². The van der Waals surface area contributed by atoms with Gasteiger partial charge in [0, 0.05) is 7.11 Å².